The summed E-state index contributed by atoms with van der Waals surface area (Å²) in [5.41, 5.74) is -1.00. The maximum absolute atomic E-state index is 11.3. The van der Waals surface area contributed by atoms with Gasteiger partial charge in [-0.05, 0) is 18.9 Å². The minimum absolute atomic E-state index is 0.133. The van der Waals surface area contributed by atoms with Gasteiger partial charge in [0.25, 0.3) is 5.69 Å². The lowest BCUT2D eigenvalue weighted by atomic mass is 10.2. The Bertz CT molecular complexity index is 967. The van der Waals surface area contributed by atoms with Crippen LogP contribution in [-0.4, -0.2) is 43.8 Å². The molecule has 0 saturated heterocycles. The molecule has 0 aliphatic rings. The van der Waals surface area contributed by atoms with Crippen LogP contribution in [0.25, 0.3) is 0 Å². The quantitative estimate of drug-likeness (QED) is 0.201. The number of carbonyl (C=O) groups is 1. The van der Waals surface area contributed by atoms with Gasteiger partial charge in [-0.3, -0.25) is 25.0 Å². The highest BCUT2D eigenvalue weighted by molar-refractivity contribution is 5.69. The topological polar surface area (TPSA) is 150 Å². The normalized spacial score (nSPS) is 10.2. The lowest BCUT2D eigenvalue weighted by Crippen LogP contribution is -2.04. The van der Waals surface area contributed by atoms with E-state index in [1.54, 1.807) is 0 Å². The van der Waals surface area contributed by atoms with Gasteiger partial charge in [0.1, 0.15) is 5.75 Å². The first-order valence-corrected chi connectivity index (χ1v) is 9.37. The van der Waals surface area contributed by atoms with Crippen LogP contribution in [0, 0.1) is 20.2 Å². The van der Waals surface area contributed by atoms with E-state index in [1.807, 2.05) is 0 Å². The van der Waals surface area contributed by atoms with E-state index in [9.17, 15) is 25.0 Å². The van der Waals surface area contributed by atoms with Gasteiger partial charge in [0.2, 0.25) is 11.5 Å². The van der Waals surface area contributed by atoms with Crippen LogP contribution in [0.2, 0.25) is 0 Å². The van der Waals surface area contributed by atoms with Crippen LogP contribution in [0.5, 0.6) is 28.7 Å². The molecule has 0 unspecified atom stereocenters. The number of nitro groups is 2. The van der Waals surface area contributed by atoms with Crippen molar-refractivity contribution in [1.29, 1.82) is 0 Å². The molecule has 0 fully saturated rings. The van der Waals surface area contributed by atoms with Gasteiger partial charge in [0, 0.05) is 24.6 Å². The van der Waals surface area contributed by atoms with E-state index in [-0.39, 0.29) is 42.0 Å². The number of unbranched alkanes of at least 4 members (excludes halogenated alkanes) is 1. The van der Waals surface area contributed by atoms with Gasteiger partial charge >= 0.3 is 11.7 Å². The summed E-state index contributed by atoms with van der Waals surface area (Å²) in [6.45, 7) is 0.276. The zero-order valence-electron chi connectivity index (χ0n) is 17.7. The first-order chi connectivity index (χ1) is 15.3. The fourth-order valence-corrected chi connectivity index (χ4v) is 2.68. The number of non-ortho nitro benzene ring substituents is 1. The van der Waals surface area contributed by atoms with E-state index in [2.05, 4.69) is 4.74 Å². The number of ether oxygens (including phenoxy) is 5. The predicted octanol–water partition coefficient (Wildman–Crippen LogP) is 4.03. The summed E-state index contributed by atoms with van der Waals surface area (Å²) >= 11 is 0. The third-order valence-electron chi connectivity index (χ3n) is 4.26. The summed E-state index contributed by atoms with van der Waals surface area (Å²) < 4.78 is 26.6. The molecule has 0 amide bonds. The van der Waals surface area contributed by atoms with Crippen molar-refractivity contribution in [3.05, 3.63) is 50.6 Å². The second kappa shape index (κ2) is 11.3. The first-order valence-electron chi connectivity index (χ1n) is 9.37. The summed E-state index contributed by atoms with van der Waals surface area (Å²) in [6.07, 6.45) is 1.42. The van der Waals surface area contributed by atoms with Crippen LogP contribution in [0.1, 0.15) is 19.3 Å². The van der Waals surface area contributed by atoms with Gasteiger partial charge in [0.05, 0.1) is 43.8 Å². The van der Waals surface area contributed by atoms with Crippen LogP contribution in [-0.2, 0) is 9.53 Å². The molecule has 172 valence electrons. The third kappa shape index (κ3) is 6.20. The Morgan fingerprint density at radius 2 is 1.56 bits per heavy atom. The van der Waals surface area contributed by atoms with Gasteiger partial charge in [-0.25, -0.2) is 0 Å². The zero-order valence-corrected chi connectivity index (χ0v) is 17.7. The number of benzene rings is 2. The maximum Gasteiger partial charge on any atom is 0.318 e. The molecule has 0 saturated carbocycles. The lowest BCUT2D eigenvalue weighted by Gasteiger charge is -2.16. The molecule has 0 spiro atoms. The van der Waals surface area contributed by atoms with Crippen molar-refractivity contribution < 1.29 is 38.3 Å². The van der Waals surface area contributed by atoms with Gasteiger partial charge in [-0.15, -0.1) is 0 Å². The van der Waals surface area contributed by atoms with E-state index >= 15 is 0 Å². The fraction of sp³-hybridized carbons (Fsp3) is 0.350. The van der Waals surface area contributed by atoms with Gasteiger partial charge in [0.15, 0.2) is 11.5 Å². The molecule has 2 rings (SSSR count). The smallest absolute Gasteiger partial charge is 0.318 e. The van der Waals surface area contributed by atoms with Gasteiger partial charge in [-0.1, -0.05) is 0 Å². The largest absolute Gasteiger partial charge is 0.493 e. The van der Waals surface area contributed by atoms with Crippen molar-refractivity contribution in [2.24, 2.45) is 0 Å². The zero-order chi connectivity index (χ0) is 23.7. The second-order valence-corrected chi connectivity index (χ2v) is 6.31. The Kier molecular flexibility index (Phi) is 8.57. The van der Waals surface area contributed by atoms with Gasteiger partial charge in [-0.2, -0.15) is 0 Å². The van der Waals surface area contributed by atoms with Crippen LogP contribution in [0.4, 0.5) is 11.4 Å². The average Bonchev–Trinajstić information content (AvgIpc) is 2.78. The molecule has 0 atom stereocenters. The summed E-state index contributed by atoms with van der Waals surface area (Å²) in [7, 11) is 4.12. The summed E-state index contributed by atoms with van der Waals surface area (Å²) in [5, 5.41) is 22.2. The molecule has 0 heterocycles. The molecular weight excluding hydrogens is 428 g/mol. The van der Waals surface area contributed by atoms with Crippen LogP contribution in [0.3, 0.4) is 0 Å². The number of rotatable bonds is 12. The number of nitrogens with zero attached hydrogens (tertiary/aromatic N) is 2. The monoisotopic (exact) mass is 450 g/mol. The Labute approximate surface area is 182 Å². The van der Waals surface area contributed by atoms with E-state index < -0.39 is 21.2 Å². The highest BCUT2D eigenvalue weighted by Gasteiger charge is 2.23. The molecule has 0 aliphatic heterocycles. The summed E-state index contributed by atoms with van der Waals surface area (Å²) in [4.78, 5) is 31.9. The Hall–Kier alpha value is -4.09. The van der Waals surface area contributed by atoms with Crippen LogP contribution >= 0.6 is 0 Å². The van der Waals surface area contributed by atoms with Crippen molar-refractivity contribution in [1.82, 2.24) is 0 Å². The third-order valence-corrected chi connectivity index (χ3v) is 4.26. The predicted molar refractivity (Wildman–Crippen MR) is 111 cm³/mol. The minimum Gasteiger partial charge on any atom is -0.493 e. The fourth-order valence-electron chi connectivity index (χ4n) is 2.68. The SMILES string of the molecule is COC(=O)CCCCOc1c(OC)cc(Oc2ccc([N+](=O)[O-])cc2[N+](=O)[O-])cc1OC. The Morgan fingerprint density at radius 1 is 0.906 bits per heavy atom. The number of hydrogen-bond acceptors (Lipinski definition) is 10. The summed E-state index contributed by atoms with van der Waals surface area (Å²) in [6, 6.07) is 5.94. The van der Waals surface area contributed by atoms with Gasteiger partial charge < -0.3 is 23.7 Å². The molecule has 0 bridgehead atoms. The van der Waals surface area contributed by atoms with E-state index in [0.29, 0.717) is 18.6 Å². The van der Waals surface area contributed by atoms with Crippen molar-refractivity contribution in [3.8, 4) is 28.7 Å². The van der Waals surface area contributed by atoms with E-state index in [1.165, 1.54) is 33.5 Å². The minimum atomic E-state index is -0.775. The molecule has 32 heavy (non-hydrogen) atoms. The summed E-state index contributed by atoms with van der Waals surface area (Å²) in [5.74, 6) is 0.421. The highest BCUT2D eigenvalue weighted by Crippen LogP contribution is 2.43. The molecule has 2 aromatic carbocycles. The molecule has 0 aliphatic carbocycles. The standard InChI is InChI=1S/C20H22N2O10/c1-28-17-11-14(32-16-8-7-13(21(24)25)10-15(16)22(26)27)12-18(29-2)20(17)31-9-5-4-6-19(23)30-3/h7-8,10-12H,4-6,9H2,1-3H3. The molecular formula is C20H22N2O10. The second-order valence-electron chi connectivity index (χ2n) is 6.31. The maximum atomic E-state index is 11.3. The number of esters is 1. The van der Waals surface area contributed by atoms with Crippen LogP contribution < -0.4 is 18.9 Å². The Balaban J connectivity index is 2.23. The molecule has 0 radical (unpaired) electrons. The number of hydrogen-bond donors (Lipinski definition) is 0. The first kappa shape index (κ1) is 24.2. The number of nitro benzene ring substituents is 2. The highest BCUT2D eigenvalue weighted by atomic mass is 16.6. The molecule has 0 N–H and O–H groups in total. The van der Waals surface area contributed by atoms with Crippen molar-refractivity contribution in [3.63, 3.8) is 0 Å². The van der Waals surface area contributed by atoms with Crippen molar-refractivity contribution in [2.45, 2.75) is 19.3 Å². The molecule has 0 aromatic heterocycles. The lowest BCUT2D eigenvalue weighted by molar-refractivity contribution is -0.394. The molecule has 12 nitrogen and oxygen atoms in total. The van der Waals surface area contributed by atoms with E-state index in [4.69, 9.17) is 18.9 Å². The van der Waals surface area contributed by atoms with Crippen molar-refractivity contribution in [2.75, 3.05) is 27.9 Å². The van der Waals surface area contributed by atoms with Crippen molar-refractivity contribution >= 4 is 17.3 Å². The Morgan fingerprint density at radius 3 is 2.09 bits per heavy atom. The van der Waals surface area contributed by atoms with Crippen LogP contribution in [0.15, 0.2) is 30.3 Å². The number of methoxy groups -OCH3 is 3. The average molecular weight is 450 g/mol. The molecule has 12 heteroatoms. The van der Waals surface area contributed by atoms with E-state index in [0.717, 1.165) is 18.2 Å². The number of carbonyl (C=O) groups excluding carboxylic acids is 1. The molecule has 2 aromatic rings.